The van der Waals surface area contributed by atoms with Crippen LogP contribution in [0.1, 0.15) is 71.4 Å². The first-order valence-corrected chi connectivity index (χ1v) is 5.86. The Balaban J connectivity index is 2.75. The highest BCUT2D eigenvalue weighted by molar-refractivity contribution is 6.15. The second-order valence-corrected chi connectivity index (χ2v) is 4.98. The van der Waals surface area contributed by atoms with Gasteiger partial charge in [0.1, 0.15) is 0 Å². The second-order valence-electron chi connectivity index (χ2n) is 4.98. The molecular formula is C14H16O3. The van der Waals surface area contributed by atoms with E-state index in [0.29, 0.717) is 17.0 Å². The van der Waals surface area contributed by atoms with Crippen molar-refractivity contribution in [2.45, 2.75) is 39.5 Å². The third-order valence-electron chi connectivity index (χ3n) is 3.09. The van der Waals surface area contributed by atoms with Gasteiger partial charge in [-0.25, -0.2) is 9.59 Å². The van der Waals surface area contributed by atoms with Gasteiger partial charge < -0.3 is 4.74 Å². The van der Waals surface area contributed by atoms with Gasteiger partial charge in [0, 0.05) is 0 Å². The summed E-state index contributed by atoms with van der Waals surface area (Å²) in [6.07, 6.45) is 0. The van der Waals surface area contributed by atoms with Gasteiger partial charge in [0.15, 0.2) is 0 Å². The van der Waals surface area contributed by atoms with Gasteiger partial charge in [-0.15, -0.1) is 0 Å². The Morgan fingerprint density at radius 3 is 2.12 bits per heavy atom. The van der Waals surface area contributed by atoms with Crippen molar-refractivity contribution in [1.29, 1.82) is 0 Å². The van der Waals surface area contributed by atoms with Gasteiger partial charge in [-0.2, -0.15) is 0 Å². The Labute approximate surface area is 101 Å². The van der Waals surface area contributed by atoms with E-state index >= 15 is 0 Å². The van der Waals surface area contributed by atoms with Crippen LogP contribution >= 0.6 is 0 Å². The lowest BCUT2D eigenvalue weighted by Crippen LogP contribution is -2.07. The van der Waals surface area contributed by atoms with Gasteiger partial charge in [-0.05, 0) is 29.0 Å². The molecule has 0 aliphatic carbocycles. The number of hydrogen-bond donors (Lipinski definition) is 0. The summed E-state index contributed by atoms with van der Waals surface area (Å²) in [5.74, 6) is -0.514. The molecular weight excluding hydrogens is 216 g/mol. The van der Waals surface area contributed by atoms with Crippen LogP contribution in [0, 0.1) is 0 Å². The molecule has 0 fully saturated rings. The third-order valence-corrected chi connectivity index (χ3v) is 3.09. The number of benzene rings is 1. The van der Waals surface area contributed by atoms with Gasteiger partial charge in [0.25, 0.3) is 0 Å². The highest BCUT2D eigenvalue weighted by atomic mass is 16.6. The number of carbonyl (C=O) groups is 2. The van der Waals surface area contributed by atoms with E-state index in [-0.39, 0.29) is 5.92 Å². The molecule has 1 aromatic carbocycles. The van der Waals surface area contributed by atoms with Crippen LogP contribution in [0.5, 0.6) is 0 Å². The average molecular weight is 232 g/mol. The molecule has 3 nitrogen and oxygen atoms in total. The van der Waals surface area contributed by atoms with Crippen molar-refractivity contribution in [2.75, 3.05) is 0 Å². The summed E-state index contributed by atoms with van der Waals surface area (Å²) in [7, 11) is 0. The first kappa shape index (κ1) is 11.8. The summed E-state index contributed by atoms with van der Waals surface area (Å²) in [6, 6.07) is 3.63. The van der Waals surface area contributed by atoms with Crippen LogP contribution in [-0.2, 0) is 4.74 Å². The Hall–Kier alpha value is -1.64. The van der Waals surface area contributed by atoms with E-state index in [1.165, 1.54) is 0 Å². The minimum atomic E-state index is -0.526. The molecule has 0 radical (unpaired) electrons. The minimum absolute atomic E-state index is 0.195. The van der Waals surface area contributed by atoms with Crippen molar-refractivity contribution in [3.8, 4) is 0 Å². The fourth-order valence-electron chi connectivity index (χ4n) is 2.34. The number of fused-ring (bicyclic) bond motifs is 1. The molecule has 1 heterocycles. The fourth-order valence-corrected chi connectivity index (χ4v) is 2.34. The monoisotopic (exact) mass is 232 g/mol. The second kappa shape index (κ2) is 3.99. The summed E-state index contributed by atoms with van der Waals surface area (Å²) in [4.78, 5) is 23.2. The van der Waals surface area contributed by atoms with Gasteiger partial charge in [-0.3, -0.25) is 0 Å². The fraction of sp³-hybridized carbons (Fsp3) is 0.429. The molecule has 0 N–H and O–H groups in total. The quantitative estimate of drug-likeness (QED) is 0.580. The van der Waals surface area contributed by atoms with Gasteiger partial charge in [0.2, 0.25) is 0 Å². The Morgan fingerprint density at radius 1 is 0.941 bits per heavy atom. The number of esters is 2. The molecule has 2 rings (SSSR count). The zero-order valence-corrected chi connectivity index (χ0v) is 10.5. The van der Waals surface area contributed by atoms with Crippen molar-refractivity contribution >= 4 is 11.9 Å². The molecule has 0 saturated carbocycles. The predicted octanol–water partition coefficient (Wildman–Crippen LogP) is 3.24. The van der Waals surface area contributed by atoms with Crippen molar-refractivity contribution in [1.82, 2.24) is 0 Å². The summed E-state index contributed by atoms with van der Waals surface area (Å²) >= 11 is 0. The smallest absolute Gasteiger partial charge is 0.347 e. The van der Waals surface area contributed by atoms with Crippen molar-refractivity contribution in [2.24, 2.45) is 0 Å². The zero-order valence-electron chi connectivity index (χ0n) is 10.5. The number of cyclic esters (lactones) is 2. The molecule has 0 unspecified atom stereocenters. The first-order valence-electron chi connectivity index (χ1n) is 5.86. The maximum absolute atomic E-state index is 11.7. The van der Waals surface area contributed by atoms with Gasteiger partial charge in [0.05, 0.1) is 11.1 Å². The van der Waals surface area contributed by atoms with E-state index in [9.17, 15) is 9.59 Å². The molecule has 0 amide bonds. The van der Waals surface area contributed by atoms with Crippen LogP contribution in [0.3, 0.4) is 0 Å². The zero-order chi connectivity index (χ0) is 12.7. The summed E-state index contributed by atoms with van der Waals surface area (Å²) < 4.78 is 4.68. The SMILES string of the molecule is CC(C)c1ccc2c(c1C(C)C)C(=O)OC2=O. The van der Waals surface area contributed by atoms with Crippen LogP contribution in [0.4, 0.5) is 0 Å². The Morgan fingerprint density at radius 2 is 1.59 bits per heavy atom. The minimum Gasteiger partial charge on any atom is -0.386 e. The lowest BCUT2D eigenvalue weighted by atomic mass is 9.85. The van der Waals surface area contributed by atoms with Gasteiger partial charge in [-0.1, -0.05) is 33.8 Å². The summed E-state index contributed by atoms with van der Waals surface area (Å²) in [5, 5.41) is 0. The number of rotatable bonds is 2. The first-order chi connectivity index (χ1) is 7.93. The Bertz CT molecular complexity index is 498. The van der Waals surface area contributed by atoms with Crippen LogP contribution in [0.2, 0.25) is 0 Å². The Kier molecular flexibility index (Phi) is 2.77. The van der Waals surface area contributed by atoms with Crippen molar-refractivity contribution in [3.63, 3.8) is 0 Å². The van der Waals surface area contributed by atoms with E-state index in [4.69, 9.17) is 0 Å². The molecule has 0 atom stereocenters. The van der Waals surface area contributed by atoms with E-state index < -0.39 is 11.9 Å². The molecule has 90 valence electrons. The molecule has 1 aliphatic rings. The highest BCUT2D eigenvalue weighted by Gasteiger charge is 2.34. The van der Waals surface area contributed by atoms with Crippen LogP contribution in [0.15, 0.2) is 12.1 Å². The van der Waals surface area contributed by atoms with Crippen molar-refractivity contribution < 1.29 is 14.3 Å². The molecule has 3 heteroatoms. The number of carbonyl (C=O) groups excluding carboxylic acids is 2. The van der Waals surface area contributed by atoms with E-state index in [1.54, 1.807) is 6.07 Å². The van der Waals surface area contributed by atoms with Crippen LogP contribution in [0.25, 0.3) is 0 Å². The third kappa shape index (κ3) is 1.75. The van der Waals surface area contributed by atoms with Crippen molar-refractivity contribution in [3.05, 3.63) is 34.4 Å². The molecule has 0 spiro atoms. The molecule has 17 heavy (non-hydrogen) atoms. The highest BCUT2D eigenvalue weighted by Crippen LogP contribution is 2.34. The number of hydrogen-bond acceptors (Lipinski definition) is 3. The molecule has 0 saturated heterocycles. The average Bonchev–Trinajstić information content (AvgIpc) is 2.53. The van der Waals surface area contributed by atoms with E-state index in [1.807, 2.05) is 19.9 Å². The molecule has 0 aromatic heterocycles. The predicted molar refractivity (Wildman–Crippen MR) is 64.4 cm³/mol. The van der Waals surface area contributed by atoms with E-state index in [2.05, 4.69) is 18.6 Å². The normalized spacial score (nSPS) is 14.5. The topological polar surface area (TPSA) is 43.4 Å². The molecule has 0 bridgehead atoms. The van der Waals surface area contributed by atoms with Crippen LogP contribution in [-0.4, -0.2) is 11.9 Å². The van der Waals surface area contributed by atoms with Crippen LogP contribution < -0.4 is 0 Å². The largest absolute Gasteiger partial charge is 0.386 e. The maximum atomic E-state index is 11.7. The molecule has 1 aromatic rings. The van der Waals surface area contributed by atoms with E-state index in [0.717, 1.165) is 11.1 Å². The standard InChI is InChI=1S/C14H16O3/c1-7(2)9-5-6-10-12(11(9)8(3)4)14(16)17-13(10)15/h5-8H,1-4H3. The summed E-state index contributed by atoms with van der Waals surface area (Å²) in [5.41, 5.74) is 2.94. The lowest BCUT2D eigenvalue weighted by Gasteiger charge is -2.17. The molecule has 1 aliphatic heterocycles. The lowest BCUT2D eigenvalue weighted by molar-refractivity contribution is 0.0443. The maximum Gasteiger partial charge on any atom is 0.347 e. The summed E-state index contributed by atoms with van der Waals surface area (Å²) in [6.45, 7) is 8.21. The number of ether oxygens (including phenoxy) is 1. The van der Waals surface area contributed by atoms with Gasteiger partial charge >= 0.3 is 11.9 Å².